The molecule has 1 N–H and O–H groups in total. The third kappa shape index (κ3) is 4.03. The Morgan fingerprint density at radius 2 is 1.74 bits per heavy atom. The fourth-order valence-electron chi connectivity index (χ4n) is 1.99. The van der Waals surface area contributed by atoms with E-state index in [1.54, 1.807) is 0 Å². The van der Waals surface area contributed by atoms with Gasteiger partial charge in [-0.05, 0) is 23.8 Å². The molecule has 0 aliphatic carbocycles. The molecule has 0 heterocycles. The molecule has 0 aliphatic heterocycles. The van der Waals surface area contributed by atoms with Gasteiger partial charge in [0, 0.05) is 5.02 Å². The Hall–Kier alpha value is -2.05. The van der Waals surface area contributed by atoms with E-state index in [1.807, 2.05) is 0 Å². The first kappa shape index (κ1) is 17.3. The summed E-state index contributed by atoms with van der Waals surface area (Å²) in [5.41, 5.74) is -3.76. The first-order valence-electron chi connectivity index (χ1n) is 6.53. The van der Waals surface area contributed by atoms with Gasteiger partial charge in [0.25, 0.3) is 0 Å². The quantitative estimate of drug-likeness (QED) is 0.671. The smallest absolute Gasteiger partial charge is 0.422 e. The van der Waals surface area contributed by atoms with Gasteiger partial charge in [-0.25, -0.2) is 0 Å². The molecule has 0 fully saturated rings. The van der Waals surface area contributed by atoms with Gasteiger partial charge in [-0.15, -0.1) is 0 Å². The minimum Gasteiger partial charge on any atom is -0.426 e. The second-order valence-electron chi connectivity index (χ2n) is 4.83. The van der Waals surface area contributed by atoms with Crippen molar-refractivity contribution in [3.8, 4) is 5.75 Å². The zero-order valence-electron chi connectivity index (χ0n) is 11.7. The summed E-state index contributed by atoms with van der Waals surface area (Å²) in [7, 11) is 0. The van der Waals surface area contributed by atoms with Crippen molar-refractivity contribution in [1.82, 2.24) is 0 Å². The van der Waals surface area contributed by atoms with Crippen LogP contribution in [0.4, 0.5) is 13.2 Å². The molecular formula is C16H12ClF3O3. The molecule has 2 aromatic rings. The SMILES string of the molecule is O=C(CC(O)(c1ccccc1)C(F)(F)F)Oc1cccc(Cl)c1. The monoisotopic (exact) mass is 344 g/mol. The van der Waals surface area contributed by atoms with Crippen LogP contribution in [0, 0.1) is 0 Å². The summed E-state index contributed by atoms with van der Waals surface area (Å²) in [4.78, 5) is 11.8. The summed E-state index contributed by atoms with van der Waals surface area (Å²) in [5, 5.41) is 10.3. The number of ether oxygens (including phenoxy) is 1. The van der Waals surface area contributed by atoms with Crippen molar-refractivity contribution in [2.75, 3.05) is 0 Å². The molecule has 1 unspecified atom stereocenters. The highest BCUT2D eigenvalue weighted by molar-refractivity contribution is 6.30. The number of carbonyl (C=O) groups excluding carboxylic acids is 1. The lowest BCUT2D eigenvalue weighted by Gasteiger charge is -2.30. The number of carbonyl (C=O) groups is 1. The number of hydrogen-bond donors (Lipinski definition) is 1. The number of halogens is 4. The third-order valence-electron chi connectivity index (χ3n) is 3.15. The van der Waals surface area contributed by atoms with Gasteiger partial charge < -0.3 is 9.84 Å². The van der Waals surface area contributed by atoms with E-state index >= 15 is 0 Å². The van der Waals surface area contributed by atoms with E-state index in [1.165, 1.54) is 42.5 Å². The lowest BCUT2D eigenvalue weighted by Crippen LogP contribution is -2.44. The van der Waals surface area contributed by atoms with E-state index in [0.717, 1.165) is 12.1 Å². The van der Waals surface area contributed by atoms with E-state index in [-0.39, 0.29) is 10.8 Å². The lowest BCUT2D eigenvalue weighted by atomic mass is 9.90. The molecule has 0 saturated carbocycles. The molecule has 3 nitrogen and oxygen atoms in total. The van der Waals surface area contributed by atoms with Crippen molar-refractivity contribution >= 4 is 17.6 Å². The molecule has 0 aromatic heterocycles. The molecule has 23 heavy (non-hydrogen) atoms. The Bertz CT molecular complexity index is 688. The van der Waals surface area contributed by atoms with E-state index < -0.39 is 29.7 Å². The number of esters is 1. The fourth-order valence-corrected chi connectivity index (χ4v) is 2.17. The maximum absolute atomic E-state index is 13.3. The average molecular weight is 345 g/mol. The van der Waals surface area contributed by atoms with Crippen LogP contribution in [0.1, 0.15) is 12.0 Å². The van der Waals surface area contributed by atoms with Crippen molar-refractivity contribution < 1.29 is 27.8 Å². The first-order chi connectivity index (χ1) is 10.7. The Morgan fingerprint density at radius 1 is 1.09 bits per heavy atom. The summed E-state index contributed by atoms with van der Waals surface area (Å²) in [6, 6.07) is 12.0. The maximum Gasteiger partial charge on any atom is 0.422 e. The van der Waals surface area contributed by atoms with Crippen LogP contribution < -0.4 is 4.74 Å². The molecule has 2 aromatic carbocycles. The zero-order chi connectivity index (χ0) is 17.1. The van der Waals surface area contributed by atoms with Gasteiger partial charge in [0.2, 0.25) is 0 Å². The first-order valence-corrected chi connectivity index (χ1v) is 6.91. The second-order valence-corrected chi connectivity index (χ2v) is 5.27. The number of aliphatic hydroxyl groups is 1. The normalized spacial score (nSPS) is 14.1. The molecule has 0 aliphatic rings. The summed E-state index contributed by atoms with van der Waals surface area (Å²) >= 11 is 5.71. The van der Waals surface area contributed by atoms with Gasteiger partial charge in [0.05, 0.1) is 6.42 Å². The highest BCUT2D eigenvalue weighted by Gasteiger charge is 2.56. The van der Waals surface area contributed by atoms with Crippen LogP contribution in [-0.4, -0.2) is 17.3 Å². The molecule has 0 amide bonds. The van der Waals surface area contributed by atoms with Gasteiger partial charge in [0.1, 0.15) is 5.75 Å². The summed E-state index contributed by atoms with van der Waals surface area (Å²) in [6.45, 7) is 0. The molecule has 0 bridgehead atoms. The van der Waals surface area contributed by atoms with Gasteiger partial charge in [0.15, 0.2) is 5.60 Å². The standard InChI is InChI=1S/C16H12ClF3O3/c17-12-7-4-8-13(9-12)23-14(21)10-15(22,16(18,19)20)11-5-2-1-3-6-11/h1-9,22H,10H2. The highest BCUT2D eigenvalue weighted by Crippen LogP contribution is 2.41. The van der Waals surface area contributed by atoms with E-state index in [4.69, 9.17) is 16.3 Å². The van der Waals surface area contributed by atoms with Crippen molar-refractivity contribution in [3.63, 3.8) is 0 Å². The fraction of sp³-hybridized carbons (Fsp3) is 0.188. The predicted molar refractivity (Wildman–Crippen MR) is 78.1 cm³/mol. The number of hydrogen-bond acceptors (Lipinski definition) is 3. The van der Waals surface area contributed by atoms with Crippen molar-refractivity contribution in [2.45, 2.75) is 18.2 Å². The van der Waals surface area contributed by atoms with Crippen LogP contribution >= 0.6 is 11.6 Å². The zero-order valence-corrected chi connectivity index (χ0v) is 12.4. The number of alkyl halides is 3. The largest absolute Gasteiger partial charge is 0.426 e. The van der Waals surface area contributed by atoms with E-state index in [9.17, 15) is 23.1 Å². The molecule has 7 heteroatoms. The van der Waals surface area contributed by atoms with Crippen LogP contribution in [0.15, 0.2) is 54.6 Å². The molecule has 2 rings (SSSR count). The van der Waals surface area contributed by atoms with Crippen LogP contribution in [0.5, 0.6) is 5.75 Å². The van der Waals surface area contributed by atoms with E-state index in [0.29, 0.717) is 0 Å². The minimum atomic E-state index is -5.04. The number of rotatable bonds is 4. The van der Waals surface area contributed by atoms with Gasteiger partial charge >= 0.3 is 12.1 Å². The predicted octanol–water partition coefficient (Wildman–Crippen LogP) is 4.09. The molecule has 0 spiro atoms. The molecule has 0 saturated heterocycles. The Balaban J connectivity index is 2.23. The minimum absolute atomic E-state index is 0.0000798. The van der Waals surface area contributed by atoms with Crippen molar-refractivity contribution in [1.29, 1.82) is 0 Å². The Labute approximate surface area is 135 Å². The lowest BCUT2D eigenvalue weighted by molar-refractivity contribution is -0.268. The summed E-state index contributed by atoms with van der Waals surface area (Å²) in [5.74, 6) is -1.23. The summed E-state index contributed by atoms with van der Waals surface area (Å²) in [6.07, 6.45) is -6.31. The van der Waals surface area contributed by atoms with Gasteiger partial charge in [-0.2, -0.15) is 13.2 Å². The van der Waals surface area contributed by atoms with Crippen LogP contribution in [0.25, 0.3) is 0 Å². The third-order valence-corrected chi connectivity index (χ3v) is 3.38. The van der Waals surface area contributed by atoms with Crippen LogP contribution in [0.3, 0.4) is 0 Å². The summed E-state index contributed by atoms with van der Waals surface area (Å²) < 4.78 is 44.6. The molecule has 0 radical (unpaired) electrons. The topological polar surface area (TPSA) is 46.5 Å². The Kier molecular flexibility index (Phi) is 4.97. The van der Waals surface area contributed by atoms with Crippen molar-refractivity contribution in [3.05, 3.63) is 65.2 Å². The van der Waals surface area contributed by atoms with Crippen LogP contribution in [-0.2, 0) is 10.4 Å². The second kappa shape index (κ2) is 6.60. The number of benzene rings is 2. The Morgan fingerprint density at radius 3 is 2.30 bits per heavy atom. The highest BCUT2D eigenvalue weighted by atomic mass is 35.5. The molecular weight excluding hydrogens is 333 g/mol. The van der Waals surface area contributed by atoms with Crippen LogP contribution in [0.2, 0.25) is 5.02 Å². The maximum atomic E-state index is 13.3. The average Bonchev–Trinajstić information content (AvgIpc) is 2.46. The van der Waals surface area contributed by atoms with E-state index in [2.05, 4.69) is 0 Å². The molecule has 122 valence electrons. The molecule has 1 atom stereocenters. The van der Waals surface area contributed by atoms with Gasteiger partial charge in [-0.1, -0.05) is 48.0 Å². The van der Waals surface area contributed by atoms with Gasteiger partial charge in [-0.3, -0.25) is 4.79 Å². The van der Waals surface area contributed by atoms with Crippen molar-refractivity contribution in [2.24, 2.45) is 0 Å².